The molecule has 0 saturated heterocycles. The predicted octanol–water partition coefficient (Wildman–Crippen LogP) is 2.39. The summed E-state index contributed by atoms with van der Waals surface area (Å²) in [5.41, 5.74) is 0. The van der Waals surface area contributed by atoms with Gasteiger partial charge in [-0.1, -0.05) is 18.2 Å². The summed E-state index contributed by atoms with van der Waals surface area (Å²) < 4.78 is 24.3. The van der Waals surface area contributed by atoms with Crippen LogP contribution in [0.25, 0.3) is 0 Å². The Kier molecular flexibility index (Phi) is 12.6. The standard InChI is InChI=1S/C15H25N3O2S2.HI/c1-3-16-15(18-11-12-21-2)17-10-7-13-22(19,20)14-8-5-4-6-9-14;/h4-6,8-9H,3,7,10-13H2,1-2H3,(H2,16,17,18);1H. The van der Waals surface area contributed by atoms with Crippen molar-refractivity contribution < 1.29 is 8.42 Å². The van der Waals surface area contributed by atoms with Crippen molar-refractivity contribution in [3.8, 4) is 0 Å². The summed E-state index contributed by atoms with van der Waals surface area (Å²) in [5, 5.41) is 6.37. The van der Waals surface area contributed by atoms with E-state index >= 15 is 0 Å². The highest BCUT2D eigenvalue weighted by Gasteiger charge is 2.12. The normalized spacial score (nSPS) is 11.7. The van der Waals surface area contributed by atoms with Crippen LogP contribution >= 0.6 is 35.7 Å². The van der Waals surface area contributed by atoms with Crippen LogP contribution in [0.1, 0.15) is 13.3 Å². The molecule has 0 spiro atoms. The minimum atomic E-state index is -3.20. The molecule has 0 amide bonds. The van der Waals surface area contributed by atoms with Crippen LogP contribution in [0.15, 0.2) is 40.2 Å². The van der Waals surface area contributed by atoms with E-state index in [1.165, 1.54) is 0 Å². The maximum atomic E-state index is 12.1. The van der Waals surface area contributed by atoms with E-state index in [4.69, 9.17) is 0 Å². The molecule has 0 atom stereocenters. The fraction of sp³-hybridized carbons (Fsp3) is 0.533. The van der Waals surface area contributed by atoms with Gasteiger partial charge in [0.1, 0.15) is 0 Å². The summed E-state index contributed by atoms with van der Waals surface area (Å²) in [6.45, 7) is 4.12. The first kappa shape index (κ1) is 22.5. The second kappa shape index (κ2) is 12.9. The monoisotopic (exact) mass is 471 g/mol. The van der Waals surface area contributed by atoms with Gasteiger partial charge in [-0.15, -0.1) is 24.0 Å². The van der Waals surface area contributed by atoms with E-state index in [2.05, 4.69) is 21.9 Å². The van der Waals surface area contributed by atoms with Gasteiger partial charge in [-0.2, -0.15) is 11.8 Å². The van der Waals surface area contributed by atoms with Crippen LogP contribution < -0.4 is 10.6 Å². The number of benzene rings is 1. The van der Waals surface area contributed by atoms with Gasteiger partial charge in [-0.3, -0.25) is 4.99 Å². The van der Waals surface area contributed by atoms with Gasteiger partial charge in [0.05, 0.1) is 10.6 Å². The molecule has 0 saturated carbocycles. The molecule has 0 bridgehead atoms. The number of hydrogen-bond donors (Lipinski definition) is 2. The van der Waals surface area contributed by atoms with E-state index in [0.717, 1.165) is 24.8 Å². The lowest BCUT2D eigenvalue weighted by Gasteiger charge is -2.10. The number of aliphatic imine (C=N–C) groups is 1. The summed E-state index contributed by atoms with van der Waals surface area (Å²) in [6.07, 6.45) is 2.57. The SMILES string of the molecule is CCNC(=NCCCS(=O)(=O)c1ccccc1)NCCSC.I. The maximum absolute atomic E-state index is 12.1. The van der Waals surface area contributed by atoms with E-state index < -0.39 is 9.84 Å². The van der Waals surface area contributed by atoms with Crippen LogP contribution in [0.3, 0.4) is 0 Å². The number of rotatable bonds is 9. The molecule has 1 aromatic carbocycles. The van der Waals surface area contributed by atoms with Crippen LogP contribution in [-0.4, -0.2) is 51.8 Å². The van der Waals surface area contributed by atoms with E-state index in [9.17, 15) is 8.42 Å². The molecule has 2 N–H and O–H groups in total. The van der Waals surface area contributed by atoms with Crippen LogP contribution in [-0.2, 0) is 9.84 Å². The molecule has 8 heteroatoms. The second-order valence-electron chi connectivity index (χ2n) is 4.67. The average Bonchev–Trinajstić information content (AvgIpc) is 2.52. The van der Waals surface area contributed by atoms with Crippen molar-refractivity contribution in [1.82, 2.24) is 10.6 Å². The van der Waals surface area contributed by atoms with E-state index in [1.807, 2.05) is 13.0 Å². The fourth-order valence-corrected chi connectivity index (χ4v) is 3.43. The van der Waals surface area contributed by atoms with Crippen molar-refractivity contribution in [2.24, 2.45) is 4.99 Å². The van der Waals surface area contributed by atoms with Crippen molar-refractivity contribution in [1.29, 1.82) is 0 Å². The smallest absolute Gasteiger partial charge is 0.191 e. The van der Waals surface area contributed by atoms with E-state index in [-0.39, 0.29) is 29.7 Å². The third-order valence-electron chi connectivity index (χ3n) is 2.89. The number of thioether (sulfide) groups is 1. The Balaban J connectivity index is 0.00000484. The van der Waals surface area contributed by atoms with Gasteiger partial charge in [-0.05, 0) is 31.7 Å². The summed E-state index contributed by atoms with van der Waals surface area (Å²) in [4.78, 5) is 4.78. The first-order chi connectivity index (χ1) is 10.6. The number of nitrogens with one attached hydrogen (secondary N) is 2. The number of nitrogens with zero attached hydrogens (tertiary/aromatic N) is 1. The number of guanidine groups is 1. The summed E-state index contributed by atoms with van der Waals surface area (Å²) >= 11 is 1.77. The van der Waals surface area contributed by atoms with Crippen LogP contribution in [0.4, 0.5) is 0 Å². The quantitative estimate of drug-likeness (QED) is 0.251. The van der Waals surface area contributed by atoms with Crippen molar-refractivity contribution in [2.45, 2.75) is 18.2 Å². The minimum absolute atomic E-state index is 0. The highest BCUT2D eigenvalue weighted by Crippen LogP contribution is 2.10. The molecule has 0 aliphatic heterocycles. The lowest BCUT2D eigenvalue weighted by atomic mass is 10.4. The molecule has 23 heavy (non-hydrogen) atoms. The second-order valence-corrected chi connectivity index (χ2v) is 7.76. The lowest BCUT2D eigenvalue weighted by molar-refractivity contribution is 0.593. The number of hydrogen-bond acceptors (Lipinski definition) is 4. The predicted molar refractivity (Wildman–Crippen MR) is 111 cm³/mol. The molecule has 0 radical (unpaired) electrons. The van der Waals surface area contributed by atoms with Gasteiger partial charge in [0.25, 0.3) is 0 Å². The molecule has 0 aliphatic rings. The Bertz CT molecular complexity index is 551. The number of sulfone groups is 1. The van der Waals surface area contributed by atoms with Crippen molar-refractivity contribution in [3.05, 3.63) is 30.3 Å². The summed E-state index contributed by atoms with van der Waals surface area (Å²) in [6, 6.07) is 8.56. The molecule has 0 fully saturated rings. The molecular formula is C15H26IN3O2S2. The molecule has 0 aliphatic carbocycles. The van der Waals surface area contributed by atoms with Crippen molar-refractivity contribution >= 4 is 51.5 Å². The van der Waals surface area contributed by atoms with Gasteiger partial charge in [0, 0.05) is 25.4 Å². The van der Waals surface area contributed by atoms with Gasteiger partial charge in [0.15, 0.2) is 15.8 Å². The lowest BCUT2D eigenvalue weighted by Crippen LogP contribution is -2.38. The molecule has 1 rings (SSSR count). The van der Waals surface area contributed by atoms with Crippen LogP contribution in [0.2, 0.25) is 0 Å². The Morgan fingerprint density at radius 3 is 2.52 bits per heavy atom. The molecule has 5 nitrogen and oxygen atoms in total. The van der Waals surface area contributed by atoms with Gasteiger partial charge in [-0.25, -0.2) is 8.42 Å². The Hall–Kier alpha value is -0.480. The van der Waals surface area contributed by atoms with Crippen molar-refractivity contribution in [3.63, 3.8) is 0 Å². The molecule has 0 heterocycles. The van der Waals surface area contributed by atoms with E-state index in [0.29, 0.717) is 17.9 Å². The maximum Gasteiger partial charge on any atom is 0.191 e. The molecule has 0 aromatic heterocycles. The van der Waals surface area contributed by atoms with Gasteiger partial charge in [0.2, 0.25) is 0 Å². The zero-order valence-electron chi connectivity index (χ0n) is 13.6. The summed E-state index contributed by atoms with van der Waals surface area (Å²) in [5.74, 6) is 1.87. The minimum Gasteiger partial charge on any atom is -0.357 e. The molecule has 132 valence electrons. The van der Waals surface area contributed by atoms with Crippen LogP contribution in [0, 0.1) is 0 Å². The zero-order valence-corrected chi connectivity index (χ0v) is 17.6. The largest absolute Gasteiger partial charge is 0.357 e. The average molecular weight is 471 g/mol. The molecule has 1 aromatic rings. The molecule has 0 unspecified atom stereocenters. The third kappa shape index (κ3) is 9.41. The highest BCUT2D eigenvalue weighted by atomic mass is 127. The Labute approximate surface area is 161 Å². The van der Waals surface area contributed by atoms with Crippen LogP contribution in [0.5, 0.6) is 0 Å². The van der Waals surface area contributed by atoms with E-state index in [1.54, 1.807) is 36.0 Å². The molecular weight excluding hydrogens is 445 g/mol. The first-order valence-corrected chi connectivity index (χ1v) is 10.4. The van der Waals surface area contributed by atoms with Gasteiger partial charge < -0.3 is 10.6 Å². The zero-order chi connectivity index (χ0) is 16.3. The first-order valence-electron chi connectivity index (χ1n) is 7.39. The Morgan fingerprint density at radius 1 is 1.22 bits per heavy atom. The number of halogens is 1. The topological polar surface area (TPSA) is 70.6 Å². The Morgan fingerprint density at radius 2 is 1.91 bits per heavy atom. The summed E-state index contributed by atoms with van der Waals surface area (Å²) in [7, 11) is -3.20. The highest BCUT2D eigenvalue weighted by molar-refractivity contribution is 14.0. The fourth-order valence-electron chi connectivity index (χ4n) is 1.80. The van der Waals surface area contributed by atoms with Crippen molar-refractivity contribution in [2.75, 3.05) is 37.4 Å². The third-order valence-corrected chi connectivity index (χ3v) is 5.32. The van der Waals surface area contributed by atoms with Gasteiger partial charge >= 0.3 is 0 Å².